The van der Waals surface area contributed by atoms with Crippen LogP contribution in [0.2, 0.25) is 0 Å². The van der Waals surface area contributed by atoms with E-state index in [0.717, 1.165) is 16.7 Å². The summed E-state index contributed by atoms with van der Waals surface area (Å²) in [5.41, 5.74) is 6.39. The standard InChI is InChI=1S/C17H16N3/c1-12-7-8-15(9-13(12)2)20-11-19(3)17-14(10-18)5-4-6-16(17)20/h4-9,11H,1-3H3/q+1. The maximum Gasteiger partial charge on any atom is 0.249 e. The second kappa shape index (κ2) is 4.50. The number of fused-ring (bicyclic) bond motifs is 1. The summed E-state index contributed by atoms with van der Waals surface area (Å²) in [6.45, 7) is 4.23. The highest BCUT2D eigenvalue weighted by molar-refractivity contribution is 5.80. The predicted molar refractivity (Wildman–Crippen MR) is 78.6 cm³/mol. The average Bonchev–Trinajstić information content (AvgIpc) is 2.79. The molecule has 0 aliphatic rings. The molecule has 0 unspecified atom stereocenters. The molecule has 3 rings (SSSR count). The lowest BCUT2D eigenvalue weighted by atomic mass is 10.1. The highest BCUT2D eigenvalue weighted by Crippen LogP contribution is 2.21. The van der Waals surface area contributed by atoms with Crippen molar-refractivity contribution in [2.45, 2.75) is 13.8 Å². The molecule has 0 spiro atoms. The van der Waals surface area contributed by atoms with Gasteiger partial charge in [0.05, 0.1) is 7.05 Å². The van der Waals surface area contributed by atoms with Crippen LogP contribution in [0.4, 0.5) is 0 Å². The highest BCUT2D eigenvalue weighted by Gasteiger charge is 2.18. The van der Waals surface area contributed by atoms with Crippen LogP contribution in [0.5, 0.6) is 0 Å². The monoisotopic (exact) mass is 262 g/mol. The first-order valence-corrected chi connectivity index (χ1v) is 6.59. The summed E-state index contributed by atoms with van der Waals surface area (Å²) in [5, 5.41) is 9.25. The minimum atomic E-state index is 0.701. The van der Waals surface area contributed by atoms with Crippen LogP contribution in [-0.4, -0.2) is 4.57 Å². The Bertz CT molecular complexity index is 851. The van der Waals surface area contributed by atoms with Crippen LogP contribution in [-0.2, 0) is 7.05 Å². The number of nitriles is 1. The van der Waals surface area contributed by atoms with Gasteiger partial charge in [-0.1, -0.05) is 12.1 Å². The molecule has 0 saturated carbocycles. The molecule has 0 aliphatic heterocycles. The van der Waals surface area contributed by atoms with Gasteiger partial charge in [0, 0.05) is 0 Å². The minimum absolute atomic E-state index is 0.701. The van der Waals surface area contributed by atoms with Crippen molar-refractivity contribution in [3.8, 4) is 11.8 Å². The summed E-state index contributed by atoms with van der Waals surface area (Å²) in [6.07, 6.45) is 2.02. The normalized spacial score (nSPS) is 10.7. The maximum atomic E-state index is 9.25. The van der Waals surface area contributed by atoms with E-state index in [4.69, 9.17) is 0 Å². The Morgan fingerprint density at radius 2 is 1.90 bits per heavy atom. The molecular formula is C17H16N3+. The summed E-state index contributed by atoms with van der Waals surface area (Å²) in [4.78, 5) is 0. The third-order valence-electron chi connectivity index (χ3n) is 3.80. The Hall–Kier alpha value is -2.60. The molecule has 0 amide bonds. The van der Waals surface area contributed by atoms with Crippen LogP contribution < -0.4 is 4.57 Å². The Balaban J connectivity index is 2.33. The van der Waals surface area contributed by atoms with Gasteiger partial charge in [-0.15, -0.1) is 0 Å². The quantitative estimate of drug-likeness (QED) is 0.621. The van der Waals surface area contributed by atoms with Crippen molar-refractivity contribution in [2.24, 2.45) is 7.05 Å². The molecule has 0 aliphatic carbocycles. The average molecular weight is 262 g/mol. The molecule has 0 atom stereocenters. The van der Waals surface area contributed by atoms with E-state index < -0.39 is 0 Å². The van der Waals surface area contributed by atoms with Gasteiger partial charge >= 0.3 is 0 Å². The number of imidazole rings is 1. The Kier molecular flexibility index (Phi) is 2.80. The van der Waals surface area contributed by atoms with E-state index in [9.17, 15) is 5.26 Å². The van der Waals surface area contributed by atoms with Crippen LogP contribution >= 0.6 is 0 Å². The molecule has 2 aromatic carbocycles. The fourth-order valence-electron chi connectivity index (χ4n) is 2.56. The van der Waals surface area contributed by atoms with Crippen molar-refractivity contribution in [1.82, 2.24) is 4.57 Å². The van der Waals surface area contributed by atoms with Gasteiger partial charge in [0.2, 0.25) is 6.33 Å². The van der Waals surface area contributed by atoms with Crippen molar-refractivity contribution < 1.29 is 4.57 Å². The SMILES string of the molecule is Cc1ccc(-n2c[n+](C)c3c(C#N)cccc32)cc1C. The van der Waals surface area contributed by atoms with Crippen molar-refractivity contribution in [1.29, 1.82) is 5.26 Å². The fourth-order valence-corrected chi connectivity index (χ4v) is 2.56. The molecular weight excluding hydrogens is 246 g/mol. The lowest BCUT2D eigenvalue weighted by molar-refractivity contribution is -0.645. The van der Waals surface area contributed by atoms with E-state index in [0.29, 0.717) is 5.56 Å². The number of benzene rings is 2. The lowest BCUT2D eigenvalue weighted by Gasteiger charge is -2.02. The van der Waals surface area contributed by atoms with Crippen LogP contribution in [0.1, 0.15) is 16.7 Å². The molecule has 3 nitrogen and oxygen atoms in total. The third-order valence-corrected chi connectivity index (χ3v) is 3.80. The zero-order valence-electron chi connectivity index (χ0n) is 11.9. The molecule has 1 heterocycles. The largest absolute Gasteiger partial charge is 0.249 e. The molecule has 0 saturated heterocycles. The molecule has 3 heteroatoms. The number of hydrogen-bond acceptors (Lipinski definition) is 1. The molecule has 20 heavy (non-hydrogen) atoms. The second-order valence-corrected chi connectivity index (χ2v) is 5.15. The molecule has 0 bridgehead atoms. The number of nitrogens with zero attached hydrogens (tertiary/aromatic N) is 3. The molecule has 1 aromatic heterocycles. The van der Waals surface area contributed by atoms with Gasteiger partial charge < -0.3 is 0 Å². The van der Waals surface area contributed by atoms with Crippen LogP contribution in [0.25, 0.3) is 16.7 Å². The van der Waals surface area contributed by atoms with E-state index in [1.165, 1.54) is 11.1 Å². The zero-order valence-corrected chi connectivity index (χ0v) is 11.9. The van der Waals surface area contributed by atoms with Crippen molar-refractivity contribution >= 4 is 11.0 Å². The second-order valence-electron chi connectivity index (χ2n) is 5.15. The molecule has 0 radical (unpaired) electrons. The number of hydrogen-bond donors (Lipinski definition) is 0. The Morgan fingerprint density at radius 1 is 1.10 bits per heavy atom. The topological polar surface area (TPSA) is 32.6 Å². The zero-order chi connectivity index (χ0) is 14.3. The number of aryl methyl sites for hydroxylation is 3. The molecule has 3 aromatic rings. The first-order chi connectivity index (χ1) is 9.61. The van der Waals surface area contributed by atoms with Crippen molar-refractivity contribution in [3.63, 3.8) is 0 Å². The van der Waals surface area contributed by atoms with E-state index in [-0.39, 0.29) is 0 Å². The Labute approximate surface area is 118 Å². The van der Waals surface area contributed by atoms with E-state index in [1.54, 1.807) is 0 Å². The molecule has 0 N–H and O–H groups in total. The van der Waals surface area contributed by atoms with Gasteiger partial charge in [-0.3, -0.25) is 0 Å². The summed E-state index contributed by atoms with van der Waals surface area (Å²) in [5.74, 6) is 0. The Morgan fingerprint density at radius 3 is 2.60 bits per heavy atom. The maximum absolute atomic E-state index is 9.25. The molecule has 0 fully saturated rings. The van der Waals surface area contributed by atoms with E-state index >= 15 is 0 Å². The first-order valence-electron chi connectivity index (χ1n) is 6.59. The van der Waals surface area contributed by atoms with Crippen LogP contribution in [0, 0.1) is 25.2 Å². The molecule has 98 valence electrons. The number of para-hydroxylation sites is 1. The lowest BCUT2D eigenvalue weighted by Crippen LogP contribution is -2.26. The van der Waals surface area contributed by atoms with E-state index in [1.807, 2.05) is 36.1 Å². The summed E-state index contributed by atoms with van der Waals surface area (Å²) in [6, 6.07) is 14.5. The summed E-state index contributed by atoms with van der Waals surface area (Å²) >= 11 is 0. The van der Waals surface area contributed by atoms with Crippen molar-refractivity contribution in [2.75, 3.05) is 0 Å². The summed E-state index contributed by atoms with van der Waals surface area (Å²) < 4.78 is 4.13. The highest BCUT2D eigenvalue weighted by atomic mass is 15.1. The predicted octanol–water partition coefficient (Wildman–Crippen LogP) is 2.94. The van der Waals surface area contributed by atoms with Gasteiger partial charge in [0.25, 0.3) is 0 Å². The number of rotatable bonds is 1. The van der Waals surface area contributed by atoms with Gasteiger partial charge in [-0.05, 0) is 49.2 Å². The van der Waals surface area contributed by atoms with Crippen molar-refractivity contribution in [3.05, 3.63) is 59.4 Å². The van der Waals surface area contributed by atoms with Crippen LogP contribution in [0.3, 0.4) is 0 Å². The minimum Gasteiger partial charge on any atom is -0.231 e. The van der Waals surface area contributed by atoms with Crippen LogP contribution in [0.15, 0.2) is 42.7 Å². The van der Waals surface area contributed by atoms with Gasteiger partial charge in [0.15, 0.2) is 11.0 Å². The third kappa shape index (κ3) is 1.78. The van der Waals surface area contributed by atoms with Gasteiger partial charge in [-0.2, -0.15) is 9.83 Å². The first kappa shape index (κ1) is 12.4. The summed E-state index contributed by atoms with van der Waals surface area (Å²) in [7, 11) is 1.97. The van der Waals surface area contributed by atoms with E-state index in [2.05, 4.69) is 42.7 Å². The fraction of sp³-hybridized carbons (Fsp3) is 0.176. The van der Waals surface area contributed by atoms with Gasteiger partial charge in [-0.25, -0.2) is 4.57 Å². The smallest absolute Gasteiger partial charge is 0.231 e. The number of aromatic nitrogens is 2. The van der Waals surface area contributed by atoms with Gasteiger partial charge in [0.1, 0.15) is 17.3 Å².